The van der Waals surface area contributed by atoms with Crippen LogP contribution in [0.1, 0.15) is 49.7 Å². The number of hydrogen-bond donors (Lipinski definition) is 2. The lowest BCUT2D eigenvalue weighted by molar-refractivity contribution is -0.00941. The monoisotopic (exact) mass is 367 g/mol. The molecule has 4 saturated carbocycles. The van der Waals surface area contributed by atoms with Crippen molar-refractivity contribution in [3.05, 3.63) is 35.4 Å². The van der Waals surface area contributed by atoms with Crippen molar-refractivity contribution in [2.45, 2.75) is 57.5 Å². The highest BCUT2D eigenvalue weighted by Gasteiger charge is 2.48. The molecular weight excluding hydrogens is 334 g/mol. The molecule has 146 valence electrons. The van der Waals surface area contributed by atoms with Crippen LogP contribution in [0, 0.1) is 23.7 Å². The summed E-state index contributed by atoms with van der Waals surface area (Å²) in [5, 5.41) is 6.47. The first-order valence-corrected chi connectivity index (χ1v) is 11.1. The Bertz CT molecular complexity index is 660. The molecule has 0 saturated heterocycles. The molecule has 2 N–H and O–H groups in total. The highest BCUT2D eigenvalue weighted by Crippen LogP contribution is 2.53. The molecule has 5 aliphatic rings. The van der Waals surface area contributed by atoms with E-state index in [2.05, 4.69) is 39.8 Å². The maximum Gasteiger partial charge on any atom is 0.315 e. The Morgan fingerprint density at radius 2 is 1.70 bits per heavy atom. The van der Waals surface area contributed by atoms with Crippen molar-refractivity contribution in [3.63, 3.8) is 0 Å². The predicted octanol–water partition coefficient (Wildman–Crippen LogP) is 3.56. The Labute approximate surface area is 163 Å². The second-order valence-corrected chi connectivity index (χ2v) is 9.51. The molecule has 0 spiro atoms. The summed E-state index contributed by atoms with van der Waals surface area (Å²) in [6.07, 6.45) is 9.06. The van der Waals surface area contributed by atoms with Crippen molar-refractivity contribution in [2.75, 3.05) is 19.6 Å². The van der Waals surface area contributed by atoms with Gasteiger partial charge in [-0.15, -0.1) is 0 Å². The lowest BCUT2D eigenvalue weighted by Gasteiger charge is -2.54. The van der Waals surface area contributed by atoms with E-state index in [9.17, 15) is 4.79 Å². The number of nitrogens with one attached hydrogen (secondary N) is 2. The van der Waals surface area contributed by atoms with Crippen LogP contribution in [-0.2, 0) is 13.0 Å². The van der Waals surface area contributed by atoms with Crippen LogP contribution in [-0.4, -0.2) is 36.6 Å². The topological polar surface area (TPSA) is 44.4 Å². The number of amides is 2. The van der Waals surface area contributed by atoms with E-state index < -0.39 is 0 Å². The van der Waals surface area contributed by atoms with Gasteiger partial charge in [0, 0.05) is 32.2 Å². The average molecular weight is 368 g/mol. The van der Waals surface area contributed by atoms with Crippen LogP contribution in [0.3, 0.4) is 0 Å². The Morgan fingerprint density at radius 3 is 2.44 bits per heavy atom. The molecule has 4 nitrogen and oxygen atoms in total. The van der Waals surface area contributed by atoms with E-state index in [1.54, 1.807) is 0 Å². The molecule has 4 bridgehead atoms. The Hall–Kier alpha value is -1.55. The van der Waals surface area contributed by atoms with Crippen LogP contribution in [0.25, 0.3) is 0 Å². The smallest absolute Gasteiger partial charge is 0.315 e. The number of benzene rings is 1. The average Bonchev–Trinajstić information content (AvgIpc) is 2.67. The molecule has 1 aromatic rings. The van der Waals surface area contributed by atoms with E-state index in [-0.39, 0.29) is 6.03 Å². The van der Waals surface area contributed by atoms with Gasteiger partial charge in [-0.1, -0.05) is 24.3 Å². The zero-order chi connectivity index (χ0) is 18.2. The zero-order valence-electron chi connectivity index (χ0n) is 16.3. The first-order chi connectivity index (χ1) is 13.2. The highest BCUT2D eigenvalue weighted by atomic mass is 16.2. The fourth-order valence-electron chi connectivity index (χ4n) is 6.61. The fraction of sp³-hybridized carbons (Fsp3) is 0.696. The van der Waals surface area contributed by atoms with Crippen molar-refractivity contribution in [2.24, 2.45) is 23.7 Å². The molecule has 4 fully saturated rings. The van der Waals surface area contributed by atoms with E-state index in [0.717, 1.165) is 62.7 Å². The van der Waals surface area contributed by atoms with Gasteiger partial charge in [-0.25, -0.2) is 4.79 Å². The first kappa shape index (κ1) is 17.5. The molecule has 0 aromatic heterocycles. The predicted molar refractivity (Wildman–Crippen MR) is 107 cm³/mol. The van der Waals surface area contributed by atoms with Crippen LogP contribution in [0.5, 0.6) is 0 Å². The maximum absolute atomic E-state index is 12.4. The summed E-state index contributed by atoms with van der Waals surface area (Å²) in [7, 11) is 0. The van der Waals surface area contributed by atoms with E-state index in [1.165, 1.54) is 43.2 Å². The van der Waals surface area contributed by atoms with Gasteiger partial charge in [-0.05, 0) is 79.7 Å². The molecule has 4 heteroatoms. The number of fused-ring (bicyclic) bond motifs is 1. The van der Waals surface area contributed by atoms with Crippen LogP contribution in [0.4, 0.5) is 4.79 Å². The molecule has 1 aliphatic heterocycles. The Morgan fingerprint density at radius 1 is 1.00 bits per heavy atom. The lowest BCUT2D eigenvalue weighted by atomic mass is 9.54. The van der Waals surface area contributed by atoms with E-state index >= 15 is 0 Å². The Balaban J connectivity index is 1.03. The third kappa shape index (κ3) is 3.73. The molecule has 4 aliphatic carbocycles. The van der Waals surface area contributed by atoms with Gasteiger partial charge in [0.25, 0.3) is 0 Å². The van der Waals surface area contributed by atoms with Crippen molar-refractivity contribution in [1.29, 1.82) is 0 Å². The number of urea groups is 1. The number of carbonyl (C=O) groups excluding carboxylic acids is 1. The minimum Gasteiger partial charge on any atom is -0.338 e. The SMILES string of the molecule is O=C(NCCCN1CCc2ccccc2C1)NC1C2CC3CC(C2)CC1C3. The summed E-state index contributed by atoms with van der Waals surface area (Å²) >= 11 is 0. The van der Waals surface area contributed by atoms with Crippen molar-refractivity contribution >= 4 is 6.03 Å². The number of carbonyl (C=O) groups is 1. The van der Waals surface area contributed by atoms with E-state index in [4.69, 9.17) is 0 Å². The number of rotatable bonds is 5. The van der Waals surface area contributed by atoms with Gasteiger partial charge in [0.15, 0.2) is 0 Å². The van der Waals surface area contributed by atoms with Gasteiger partial charge < -0.3 is 10.6 Å². The zero-order valence-corrected chi connectivity index (χ0v) is 16.3. The second-order valence-electron chi connectivity index (χ2n) is 9.51. The van der Waals surface area contributed by atoms with E-state index in [0.29, 0.717) is 6.04 Å². The molecular formula is C23H33N3O. The van der Waals surface area contributed by atoms with Crippen LogP contribution in [0.15, 0.2) is 24.3 Å². The van der Waals surface area contributed by atoms with Crippen LogP contribution >= 0.6 is 0 Å². The normalized spacial score (nSPS) is 34.3. The third-order valence-electron chi connectivity index (χ3n) is 7.67. The van der Waals surface area contributed by atoms with Gasteiger partial charge in [0.2, 0.25) is 0 Å². The second kappa shape index (κ2) is 7.46. The maximum atomic E-state index is 12.4. The molecule has 1 aromatic carbocycles. The summed E-state index contributed by atoms with van der Waals surface area (Å²) in [4.78, 5) is 14.9. The Kier molecular flexibility index (Phi) is 4.85. The summed E-state index contributed by atoms with van der Waals surface area (Å²) in [5.74, 6) is 3.42. The molecule has 27 heavy (non-hydrogen) atoms. The van der Waals surface area contributed by atoms with E-state index in [1.807, 2.05) is 0 Å². The fourth-order valence-corrected chi connectivity index (χ4v) is 6.61. The lowest BCUT2D eigenvalue weighted by Crippen LogP contribution is -2.57. The molecule has 0 atom stereocenters. The molecule has 0 radical (unpaired) electrons. The van der Waals surface area contributed by atoms with Crippen LogP contribution in [0.2, 0.25) is 0 Å². The summed E-state index contributed by atoms with van der Waals surface area (Å²) in [6.45, 7) is 4.02. The summed E-state index contributed by atoms with van der Waals surface area (Å²) < 4.78 is 0. The van der Waals surface area contributed by atoms with Gasteiger partial charge in [-0.2, -0.15) is 0 Å². The van der Waals surface area contributed by atoms with Gasteiger partial charge in [0.1, 0.15) is 0 Å². The first-order valence-electron chi connectivity index (χ1n) is 11.1. The quantitative estimate of drug-likeness (QED) is 0.782. The van der Waals surface area contributed by atoms with Crippen molar-refractivity contribution < 1.29 is 4.79 Å². The number of nitrogens with zero attached hydrogens (tertiary/aromatic N) is 1. The minimum absolute atomic E-state index is 0.0662. The standard InChI is InChI=1S/C23H33N3O/c27-23(25-22-20-11-16-10-17(13-20)14-21(22)12-16)24-7-3-8-26-9-6-18-4-1-2-5-19(18)15-26/h1-2,4-5,16-17,20-22H,3,6-15H2,(H2,24,25,27). The third-order valence-corrected chi connectivity index (χ3v) is 7.67. The summed E-state index contributed by atoms with van der Waals surface area (Å²) in [6, 6.07) is 9.28. The molecule has 1 heterocycles. The van der Waals surface area contributed by atoms with Crippen molar-refractivity contribution in [3.8, 4) is 0 Å². The highest BCUT2D eigenvalue weighted by molar-refractivity contribution is 5.74. The summed E-state index contributed by atoms with van der Waals surface area (Å²) in [5.41, 5.74) is 2.97. The molecule has 2 amide bonds. The molecule has 0 unspecified atom stereocenters. The minimum atomic E-state index is 0.0662. The van der Waals surface area contributed by atoms with Crippen molar-refractivity contribution in [1.82, 2.24) is 15.5 Å². The van der Waals surface area contributed by atoms with Gasteiger partial charge in [-0.3, -0.25) is 4.90 Å². The van der Waals surface area contributed by atoms with Crippen LogP contribution < -0.4 is 10.6 Å². The number of hydrogen-bond acceptors (Lipinski definition) is 2. The largest absolute Gasteiger partial charge is 0.338 e. The van der Waals surface area contributed by atoms with Gasteiger partial charge >= 0.3 is 6.03 Å². The molecule has 6 rings (SSSR count). The van der Waals surface area contributed by atoms with Gasteiger partial charge in [0.05, 0.1) is 0 Å².